The fourth-order valence-corrected chi connectivity index (χ4v) is 8.56. The molecular formula is C23H38N2OP+. The van der Waals surface area contributed by atoms with Crippen molar-refractivity contribution >= 4 is 18.9 Å². The van der Waals surface area contributed by atoms with Crippen molar-refractivity contribution in [1.82, 2.24) is 0 Å². The lowest BCUT2D eigenvalue weighted by atomic mass is 10.0. The van der Waals surface area contributed by atoms with Crippen molar-refractivity contribution in [1.29, 1.82) is 5.26 Å². The smallest absolute Gasteiger partial charge is 0.261 e. The molecule has 0 saturated heterocycles. The first-order valence-corrected chi connectivity index (χ1v) is 13.1. The number of amides is 1. The second-order valence-electron chi connectivity index (χ2n) is 7.88. The molecule has 0 spiro atoms. The standard InChI is InChI=1S/C23H37N2OP/c1-6-9-12-27(13-10-7-2,14-11-8-3)18-22(26)25-23-19(4)15-21(17-24)16-20(23)5/h15-16H,6-14,18H2,1-5H3/p+1. The highest BCUT2D eigenvalue weighted by molar-refractivity contribution is 7.76. The normalized spacial score (nSPS) is 11.3. The van der Waals surface area contributed by atoms with Crippen LogP contribution in [0.25, 0.3) is 0 Å². The van der Waals surface area contributed by atoms with Gasteiger partial charge in [0.25, 0.3) is 5.91 Å². The molecular weight excluding hydrogens is 351 g/mol. The molecule has 3 nitrogen and oxygen atoms in total. The number of aryl methyl sites for hydroxylation is 2. The maximum Gasteiger partial charge on any atom is 0.261 e. The van der Waals surface area contributed by atoms with Crippen molar-refractivity contribution in [2.75, 3.05) is 30.0 Å². The van der Waals surface area contributed by atoms with Crippen LogP contribution in [0.1, 0.15) is 76.0 Å². The van der Waals surface area contributed by atoms with Gasteiger partial charge in [-0.25, -0.2) is 0 Å². The molecule has 1 amide bonds. The Morgan fingerprint density at radius 2 is 1.41 bits per heavy atom. The molecule has 4 heteroatoms. The number of hydrogen-bond acceptors (Lipinski definition) is 2. The Labute approximate surface area is 167 Å². The van der Waals surface area contributed by atoms with E-state index in [9.17, 15) is 4.79 Å². The second-order valence-corrected chi connectivity index (χ2v) is 12.2. The molecule has 0 saturated carbocycles. The summed E-state index contributed by atoms with van der Waals surface area (Å²) in [5, 5.41) is 12.3. The van der Waals surface area contributed by atoms with E-state index < -0.39 is 7.26 Å². The summed E-state index contributed by atoms with van der Waals surface area (Å²) < 4.78 is 0. The molecule has 0 aliphatic carbocycles. The van der Waals surface area contributed by atoms with Crippen molar-refractivity contribution < 1.29 is 4.79 Å². The molecule has 0 radical (unpaired) electrons. The van der Waals surface area contributed by atoms with E-state index >= 15 is 0 Å². The number of nitriles is 1. The number of nitrogens with one attached hydrogen (secondary N) is 1. The molecule has 0 aliphatic heterocycles. The summed E-state index contributed by atoms with van der Waals surface area (Å²) in [6.45, 7) is 10.7. The zero-order valence-electron chi connectivity index (χ0n) is 18.0. The third-order valence-corrected chi connectivity index (χ3v) is 10.1. The van der Waals surface area contributed by atoms with Gasteiger partial charge < -0.3 is 5.32 Å². The van der Waals surface area contributed by atoms with Gasteiger partial charge in [0.2, 0.25) is 0 Å². The molecule has 0 unspecified atom stereocenters. The van der Waals surface area contributed by atoms with Crippen LogP contribution in [-0.4, -0.2) is 30.6 Å². The van der Waals surface area contributed by atoms with Gasteiger partial charge in [-0.2, -0.15) is 5.26 Å². The minimum Gasteiger partial charge on any atom is -0.322 e. The topological polar surface area (TPSA) is 52.9 Å². The van der Waals surface area contributed by atoms with Crippen LogP contribution in [-0.2, 0) is 4.79 Å². The van der Waals surface area contributed by atoms with E-state index in [1.165, 1.54) is 57.0 Å². The lowest BCUT2D eigenvalue weighted by Gasteiger charge is -2.27. The van der Waals surface area contributed by atoms with Gasteiger partial charge >= 0.3 is 0 Å². The second kappa shape index (κ2) is 12.1. The van der Waals surface area contributed by atoms with Crippen molar-refractivity contribution in [3.63, 3.8) is 0 Å². The monoisotopic (exact) mass is 389 g/mol. The van der Waals surface area contributed by atoms with Crippen LogP contribution >= 0.6 is 7.26 Å². The quantitative estimate of drug-likeness (QED) is 0.413. The summed E-state index contributed by atoms with van der Waals surface area (Å²) in [6.07, 6.45) is 11.8. The molecule has 0 aliphatic rings. The predicted octanol–water partition coefficient (Wildman–Crippen LogP) is 6.53. The Hall–Kier alpha value is -1.39. The molecule has 1 N–H and O–H groups in total. The summed E-state index contributed by atoms with van der Waals surface area (Å²) in [6, 6.07) is 5.90. The highest BCUT2D eigenvalue weighted by Gasteiger charge is 2.38. The molecule has 0 bridgehead atoms. The minimum absolute atomic E-state index is 0.169. The predicted molar refractivity (Wildman–Crippen MR) is 120 cm³/mol. The summed E-state index contributed by atoms with van der Waals surface area (Å²) in [5.74, 6) is 0.169. The molecule has 27 heavy (non-hydrogen) atoms. The summed E-state index contributed by atoms with van der Waals surface area (Å²) in [4.78, 5) is 13.0. The van der Waals surface area contributed by atoms with E-state index in [4.69, 9.17) is 5.26 Å². The molecule has 0 heterocycles. The fraction of sp³-hybridized carbons (Fsp3) is 0.652. The Bertz CT molecular complexity index is 603. The zero-order chi connectivity index (χ0) is 20.3. The molecule has 1 rings (SSSR count). The number of nitrogens with zero attached hydrogens (tertiary/aromatic N) is 1. The summed E-state index contributed by atoms with van der Waals surface area (Å²) >= 11 is 0. The molecule has 0 atom stereocenters. The van der Waals surface area contributed by atoms with Crippen LogP contribution in [0.4, 0.5) is 5.69 Å². The Balaban J connectivity index is 2.99. The number of carbonyl (C=O) groups is 1. The molecule has 1 aromatic carbocycles. The van der Waals surface area contributed by atoms with Crippen molar-refractivity contribution in [2.45, 2.75) is 73.1 Å². The van der Waals surface area contributed by atoms with Crippen LogP contribution in [0.5, 0.6) is 0 Å². The highest BCUT2D eigenvalue weighted by Crippen LogP contribution is 2.60. The molecule has 1 aromatic rings. The zero-order valence-corrected chi connectivity index (χ0v) is 18.9. The third-order valence-electron chi connectivity index (χ3n) is 5.36. The number of rotatable bonds is 12. The van der Waals surface area contributed by atoms with Crippen LogP contribution in [0.15, 0.2) is 12.1 Å². The van der Waals surface area contributed by atoms with Gasteiger partial charge in [0.1, 0.15) is 6.16 Å². The number of hydrogen-bond donors (Lipinski definition) is 1. The molecule has 0 aromatic heterocycles. The van der Waals surface area contributed by atoms with Crippen LogP contribution in [0.2, 0.25) is 0 Å². The number of unbranched alkanes of at least 4 members (excludes halogenated alkanes) is 3. The number of anilines is 1. The number of carbonyl (C=O) groups excluding carboxylic acids is 1. The van der Waals surface area contributed by atoms with Gasteiger partial charge in [0.15, 0.2) is 0 Å². The fourth-order valence-electron chi connectivity index (χ4n) is 3.76. The van der Waals surface area contributed by atoms with E-state index in [1.54, 1.807) is 0 Å². The van der Waals surface area contributed by atoms with Crippen molar-refractivity contribution in [2.24, 2.45) is 0 Å². The first-order chi connectivity index (χ1) is 12.9. The van der Waals surface area contributed by atoms with Crippen molar-refractivity contribution in [3.05, 3.63) is 28.8 Å². The van der Waals surface area contributed by atoms with Gasteiger partial charge in [0.05, 0.1) is 30.1 Å². The van der Waals surface area contributed by atoms with Crippen molar-refractivity contribution in [3.8, 4) is 6.07 Å². The van der Waals surface area contributed by atoms with Gasteiger partial charge in [-0.1, -0.05) is 40.0 Å². The van der Waals surface area contributed by atoms with Gasteiger partial charge in [-0.15, -0.1) is 0 Å². The highest BCUT2D eigenvalue weighted by atomic mass is 31.2. The van der Waals surface area contributed by atoms with Crippen LogP contribution in [0.3, 0.4) is 0 Å². The number of benzene rings is 1. The average molecular weight is 390 g/mol. The minimum atomic E-state index is -1.25. The van der Waals surface area contributed by atoms with E-state index in [0.29, 0.717) is 11.7 Å². The summed E-state index contributed by atoms with van der Waals surface area (Å²) in [7, 11) is -1.25. The first-order valence-electron chi connectivity index (χ1n) is 10.6. The Kier molecular flexibility index (Phi) is 10.6. The lowest BCUT2D eigenvalue weighted by molar-refractivity contribution is -0.113. The third kappa shape index (κ3) is 7.63. The van der Waals surface area contributed by atoms with E-state index in [1.807, 2.05) is 26.0 Å². The summed E-state index contributed by atoms with van der Waals surface area (Å²) in [5.41, 5.74) is 3.48. The average Bonchev–Trinajstić information content (AvgIpc) is 2.65. The van der Waals surface area contributed by atoms with Crippen LogP contribution < -0.4 is 5.32 Å². The molecule has 0 fully saturated rings. The maximum absolute atomic E-state index is 13.0. The lowest BCUT2D eigenvalue weighted by Crippen LogP contribution is -2.24. The first kappa shape index (κ1) is 23.6. The van der Waals surface area contributed by atoms with Gasteiger partial charge in [0, 0.05) is 12.9 Å². The SMILES string of the molecule is CCCC[P+](CCCC)(CCCC)CC(=O)Nc1c(C)cc(C#N)cc1C. The van der Waals surface area contributed by atoms with Crippen LogP contribution in [0, 0.1) is 25.2 Å². The maximum atomic E-state index is 13.0. The van der Waals surface area contributed by atoms with E-state index in [0.717, 1.165) is 16.8 Å². The van der Waals surface area contributed by atoms with Gasteiger partial charge in [-0.3, -0.25) is 4.79 Å². The molecule has 150 valence electrons. The Morgan fingerprint density at radius 3 is 1.78 bits per heavy atom. The largest absolute Gasteiger partial charge is 0.322 e. The van der Waals surface area contributed by atoms with E-state index in [2.05, 4.69) is 32.2 Å². The Morgan fingerprint density at radius 1 is 0.963 bits per heavy atom. The van der Waals surface area contributed by atoms with E-state index in [-0.39, 0.29) is 5.91 Å². The van der Waals surface area contributed by atoms with Gasteiger partial charge in [-0.05, 0) is 56.4 Å².